The van der Waals surface area contributed by atoms with Crippen molar-refractivity contribution in [3.8, 4) is 11.1 Å². The Morgan fingerprint density at radius 1 is 1.16 bits per heavy atom. The number of carboxylic acids is 1. The lowest BCUT2D eigenvalue weighted by molar-refractivity contribution is -0.135. The Balaban J connectivity index is 2.31. The van der Waals surface area contributed by atoms with E-state index in [0.717, 1.165) is 16.8 Å². The van der Waals surface area contributed by atoms with Gasteiger partial charge in [0.25, 0.3) is 0 Å². The Morgan fingerprint density at radius 3 is 2.58 bits per heavy atom. The highest BCUT2D eigenvalue weighted by atomic mass is 16.4. The maximum Gasteiger partial charge on any atom is 0.311 e. The van der Waals surface area contributed by atoms with E-state index in [1.807, 2.05) is 25.1 Å². The number of nitrogens with zero attached hydrogens (tertiary/aromatic N) is 1. The molecule has 1 aromatic heterocycles. The lowest BCUT2D eigenvalue weighted by atomic mass is 10.0. The van der Waals surface area contributed by atoms with Crippen molar-refractivity contribution in [2.75, 3.05) is 0 Å². The molecule has 0 aliphatic carbocycles. The first-order valence-electron chi connectivity index (χ1n) is 5.84. The van der Waals surface area contributed by atoms with Crippen molar-refractivity contribution in [1.82, 2.24) is 4.98 Å². The number of carboxylic acid groups (broad SMARTS) is 1. The number of hydrogen-bond acceptors (Lipinski definition) is 3. The number of ketones is 1. The molecular weight excluding hydrogens is 242 g/mol. The van der Waals surface area contributed by atoms with Crippen LogP contribution in [-0.4, -0.2) is 21.8 Å². The topological polar surface area (TPSA) is 67.3 Å². The number of carbonyl (C=O) groups excluding carboxylic acids is 1. The third-order valence-electron chi connectivity index (χ3n) is 2.74. The van der Waals surface area contributed by atoms with E-state index in [1.54, 1.807) is 24.4 Å². The minimum Gasteiger partial charge on any atom is -0.481 e. The number of aliphatic carboxylic acids is 1. The van der Waals surface area contributed by atoms with Gasteiger partial charge in [-0.05, 0) is 24.6 Å². The molecule has 1 N–H and O–H groups in total. The van der Waals surface area contributed by atoms with E-state index in [2.05, 4.69) is 4.98 Å². The van der Waals surface area contributed by atoms with Crippen molar-refractivity contribution >= 4 is 11.8 Å². The molecule has 0 amide bonds. The van der Waals surface area contributed by atoms with Crippen molar-refractivity contribution in [3.63, 3.8) is 0 Å². The van der Waals surface area contributed by atoms with E-state index in [9.17, 15) is 9.59 Å². The maximum atomic E-state index is 11.7. The Kier molecular flexibility index (Phi) is 3.71. The molecule has 19 heavy (non-hydrogen) atoms. The quantitative estimate of drug-likeness (QED) is 0.673. The highest BCUT2D eigenvalue weighted by Gasteiger charge is 2.11. The van der Waals surface area contributed by atoms with Crippen LogP contribution in [0.5, 0.6) is 0 Å². The Bertz CT molecular complexity index is 618. The summed E-state index contributed by atoms with van der Waals surface area (Å²) >= 11 is 0. The number of aromatic nitrogens is 1. The summed E-state index contributed by atoms with van der Waals surface area (Å²) in [6.07, 6.45) is 1.24. The SMILES string of the molecule is Cc1ccc(-c2cccc(C(=O)CC(=O)O)c2)cn1. The predicted molar refractivity (Wildman–Crippen MR) is 71.0 cm³/mol. The van der Waals surface area contributed by atoms with Crippen molar-refractivity contribution in [2.45, 2.75) is 13.3 Å². The van der Waals surface area contributed by atoms with Crippen LogP contribution in [0.4, 0.5) is 0 Å². The highest BCUT2D eigenvalue weighted by Crippen LogP contribution is 2.20. The minimum atomic E-state index is -1.12. The molecule has 4 nitrogen and oxygen atoms in total. The van der Waals surface area contributed by atoms with Crippen LogP contribution in [-0.2, 0) is 4.79 Å². The van der Waals surface area contributed by atoms with Gasteiger partial charge in [-0.25, -0.2) is 0 Å². The molecule has 0 fully saturated rings. The number of aryl methyl sites for hydroxylation is 1. The molecule has 96 valence electrons. The second-order valence-corrected chi connectivity index (χ2v) is 4.26. The molecule has 4 heteroatoms. The average molecular weight is 255 g/mol. The molecule has 0 bridgehead atoms. The van der Waals surface area contributed by atoms with Gasteiger partial charge in [0, 0.05) is 23.0 Å². The van der Waals surface area contributed by atoms with Gasteiger partial charge < -0.3 is 5.11 Å². The Labute approximate surface area is 110 Å². The predicted octanol–water partition coefficient (Wildman–Crippen LogP) is 2.71. The number of rotatable bonds is 4. The minimum absolute atomic E-state index is 0.394. The maximum absolute atomic E-state index is 11.7. The lowest BCUT2D eigenvalue weighted by Gasteiger charge is -2.04. The fourth-order valence-electron chi connectivity index (χ4n) is 1.75. The van der Waals surface area contributed by atoms with Gasteiger partial charge in [-0.3, -0.25) is 14.6 Å². The Hall–Kier alpha value is -2.49. The zero-order valence-corrected chi connectivity index (χ0v) is 10.5. The molecular formula is C15H13NO3. The van der Waals surface area contributed by atoms with E-state index < -0.39 is 18.2 Å². The van der Waals surface area contributed by atoms with Crippen molar-refractivity contribution < 1.29 is 14.7 Å². The van der Waals surface area contributed by atoms with Crippen molar-refractivity contribution in [1.29, 1.82) is 0 Å². The van der Waals surface area contributed by atoms with Gasteiger partial charge in [0.2, 0.25) is 0 Å². The van der Waals surface area contributed by atoms with Crippen molar-refractivity contribution in [3.05, 3.63) is 53.9 Å². The molecule has 2 aromatic rings. The van der Waals surface area contributed by atoms with Crippen LogP contribution in [0.15, 0.2) is 42.6 Å². The van der Waals surface area contributed by atoms with Gasteiger partial charge in [-0.2, -0.15) is 0 Å². The number of hydrogen-bond donors (Lipinski definition) is 1. The van der Waals surface area contributed by atoms with Gasteiger partial charge in [-0.15, -0.1) is 0 Å². The van der Waals surface area contributed by atoms with Crippen LogP contribution < -0.4 is 0 Å². The number of pyridine rings is 1. The number of Topliss-reactive ketones (excluding diaryl/α,β-unsaturated/α-hetero) is 1. The van der Waals surface area contributed by atoms with E-state index in [-0.39, 0.29) is 0 Å². The third-order valence-corrected chi connectivity index (χ3v) is 2.74. The second-order valence-electron chi connectivity index (χ2n) is 4.26. The summed E-state index contributed by atoms with van der Waals surface area (Å²) in [4.78, 5) is 26.4. The largest absolute Gasteiger partial charge is 0.481 e. The average Bonchev–Trinajstić information content (AvgIpc) is 2.39. The summed E-state index contributed by atoms with van der Waals surface area (Å²) in [6.45, 7) is 1.90. The molecule has 0 aliphatic rings. The van der Waals surface area contributed by atoms with E-state index >= 15 is 0 Å². The molecule has 0 radical (unpaired) electrons. The van der Waals surface area contributed by atoms with Crippen LogP contribution in [0.3, 0.4) is 0 Å². The molecule has 1 aromatic carbocycles. The van der Waals surface area contributed by atoms with Crippen LogP contribution in [0.25, 0.3) is 11.1 Å². The summed E-state index contributed by atoms with van der Waals surface area (Å²) in [5.41, 5.74) is 3.07. The number of benzene rings is 1. The molecule has 0 atom stereocenters. The Morgan fingerprint density at radius 2 is 1.95 bits per heavy atom. The van der Waals surface area contributed by atoms with Gasteiger partial charge in [0.15, 0.2) is 5.78 Å². The first-order chi connectivity index (χ1) is 9.06. The molecule has 0 saturated heterocycles. The fraction of sp³-hybridized carbons (Fsp3) is 0.133. The third kappa shape index (κ3) is 3.25. The summed E-state index contributed by atoms with van der Waals surface area (Å²) < 4.78 is 0. The molecule has 0 spiro atoms. The van der Waals surface area contributed by atoms with Gasteiger partial charge in [0.05, 0.1) is 0 Å². The van der Waals surface area contributed by atoms with Crippen LogP contribution in [0.1, 0.15) is 22.5 Å². The van der Waals surface area contributed by atoms with Gasteiger partial charge in [-0.1, -0.05) is 24.3 Å². The molecule has 0 aliphatic heterocycles. The summed E-state index contributed by atoms with van der Waals surface area (Å²) in [5.74, 6) is -1.51. The zero-order valence-electron chi connectivity index (χ0n) is 10.5. The molecule has 0 unspecified atom stereocenters. The normalized spacial score (nSPS) is 10.2. The summed E-state index contributed by atoms with van der Waals surface area (Å²) in [7, 11) is 0. The fourth-order valence-corrected chi connectivity index (χ4v) is 1.75. The van der Waals surface area contributed by atoms with Crippen LogP contribution in [0, 0.1) is 6.92 Å². The molecule has 0 saturated carbocycles. The van der Waals surface area contributed by atoms with Crippen molar-refractivity contribution in [2.24, 2.45) is 0 Å². The first-order valence-corrected chi connectivity index (χ1v) is 5.84. The van der Waals surface area contributed by atoms with E-state index in [4.69, 9.17) is 5.11 Å². The van der Waals surface area contributed by atoms with Gasteiger partial charge in [0.1, 0.15) is 6.42 Å². The molecule has 1 heterocycles. The number of carbonyl (C=O) groups is 2. The summed E-state index contributed by atoms with van der Waals surface area (Å²) in [6, 6.07) is 10.7. The zero-order chi connectivity index (χ0) is 13.8. The lowest BCUT2D eigenvalue weighted by Crippen LogP contribution is -2.06. The highest BCUT2D eigenvalue weighted by molar-refractivity contribution is 6.06. The standard InChI is InChI=1S/C15H13NO3/c1-10-5-6-13(9-16-10)11-3-2-4-12(7-11)14(17)8-15(18)19/h2-7,9H,8H2,1H3,(H,18,19). The smallest absolute Gasteiger partial charge is 0.311 e. The monoisotopic (exact) mass is 255 g/mol. The first kappa shape index (κ1) is 13.0. The van der Waals surface area contributed by atoms with Crippen LogP contribution >= 0.6 is 0 Å². The van der Waals surface area contributed by atoms with Crippen LogP contribution in [0.2, 0.25) is 0 Å². The molecule has 2 rings (SSSR count). The van der Waals surface area contributed by atoms with E-state index in [1.165, 1.54) is 0 Å². The van der Waals surface area contributed by atoms with E-state index in [0.29, 0.717) is 5.56 Å². The summed E-state index contributed by atoms with van der Waals surface area (Å²) in [5, 5.41) is 8.63. The van der Waals surface area contributed by atoms with Gasteiger partial charge >= 0.3 is 5.97 Å². The second kappa shape index (κ2) is 5.44.